The van der Waals surface area contributed by atoms with Gasteiger partial charge in [0.15, 0.2) is 0 Å². The van der Waals surface area contributed by atoms with E-state index < -0.39 is 0 Å². The number of aryl methyl sites for hydroxylation is 1. The Balaban J connectivity index is 2.15. The van der Waals surface area contributed by atoms with Crippen molar-refractivity contribution < 1.29 is 4.79 Å². The summed E-state index contributed by atoms with van der Waals surface area (Å²) in [5.74, 6) is -0.163. The fourth-order valence-electron chi connectivity index (χ4n) is 2.72. The van der Waals surface area contributed by atoms with E-state index in [2.05, 4.69) is 11.4 Å². The van der Waals surface area contributed by atoms with Gasteiger partial charge < -0.3 is 11.1 Å². The molecule has 0 spiro atoms. The molecule has 4 nitrogen and oxygen atoms in total. The van der Waals surface area contributed by atoms with Gasteiger partial charge in [0.1, 0.15) is 11.1 Å². The summed E-state index contributed by atoms with van der Waals surface area (Å²) < 4.78 is 0. The Labute approximate surface area is 124 Å². The number of carbonyl (C=O) groups is 1. The zero-order chi connectivity index (χ0) is 14.7. The third-order valence-electron chi connectivity index (χ3n) is 4.14. The number of carbonyl (C=O) groups excluding carboxylic acids is 1. The lowest BCUT2D eigenvalue weighted by molar-refractivity contribution is -0.120. The fraction of sp³-hybridized carbons (Fsp3) is 0.600. The number of nitriles is 1. The van der Waals surface area contributed by atoms with E-state index >= 15 is 0 Å². The number of rotatable bonds is 2. The van der Waals surface area contributed by atoms with Crippen LogP contribution in [-0.2, 0) is 4.79 Å². The Hall–Kier alpha value is -1.38. The third kappa shape index (κ3) is 3.02. The molecule has 0 bridgehead atoms. The molecule has 0 aliphatic heterocycles. The molecule has 20 heavy (non-hydrogen) atoms. The van der Waals surface area contributed by atoms with E-state index in [9.17, 15) is 10.1 Å². The summed E-state index contributed by atoms with van der Waals surface area (Å²) in [6.07, 6.45) is 5.06. The molecule has 2 rings (SSSR count). The van der Waals surface area contributed by atoms with Gasteiger partial charge in [-0.3, -0.25) is 4.79 Å². The Morgan fingerprint density at radius 1 is 1.35 bits per heavy atom. The lowest BCUT2D eigenvalue weighted by atomic mass is 9.94. The molecule has 3 N–H and O–H groups in total. The molecule has 108 valence electrons. The van der Waals surface area contributed by atoms with Gasteiger partial charge in [0.2, 0.25) is 5.91 Å². The predicted molar refractivity (Wildman–Crippen MR) is 81.7 cm³/mol. The molecule has 1 aromatic rings. The number of hydrogen-bond donors (Lipinski definition) is 2. The van der Waals surface area contributed by atoms with Gasteiger partial charge >= 0.3 is 0 Å². The van der Waals surface area contributed by atoms with Crippen molar-refractivity contribution in [2.75, 3.05) is 5.32 Å². The van der Waals surface area contributed by atoms with Crippen LogP contribution in [0.25, 0.3) is 0 Å². The van der Waals surface area contributed by atoms with Gasteiger partial charge in [-0.05, 0) is 32.3 Å². The fourth-order valence-corrected chi connectivity index (χ4v) is 3.73. The maximum absolute atomic E-state index is 12.4. The lowest BCUT2D eigenvalue weighted by Gasteiger charge is -2.20. The first kappa shape index (κ1) is 15.0. The number of nitrogens with zero attached hydrogens (tertiary/aromatic N) is 1. The van der Waals surface area contributed by atoms with Gasteiger partial charge in [0.25, 0.3) is 0 Å². The molecule has 2 atom stereocenters. The van der Waals surface area contributed by atoms with Crippen LogP contribution in [0, 0.1) is 31.1 Å². The predicted octanol–water partition coefficient (Wildman–Crippen LogP) is 3.08. The quantitative estimate of drug-likeness (QED) is 0.822. The van der Waals surface area contributed by atoms with Crippen molar-refractivity contribution in [1.82, 2.24) is 0 Å². The van der Waals surface area contributed by atoms with Crippen molar-refractivity contribution in [3.63, 3.8) is 0 Å². The first-order valence-corrected chi connectivity index (χ1v) is 7.92. The van der Waals surface area contributed by atoms with Crippen LogP contribution in [0.1, 0.15) is 48.1 Å². The molecule has 1 saturated carbocycles. The maximum Gasteiger partial charge on any atom is 0.229 e. The highest BCUT2D eigenvalue weighted by atomic mass is 32.1. The topological polar surface area (TPSA) is 78.9 Å². The van der Waals surface area contributed by atoms with Crippen molar-refractivity contribution in [2.45, 2.75) is 52.0 Å². The molecule has 2 unspecified atom stereocenters. The number of hydrogen-bond acceptors (Lipinski definition) is 4. The molecule has 1 heterocycles. The van der Waals surface area contributed by atoms with Crippen molar-refractivity contribution in [3.05, 3.63) is 16.0 Å². The van der Waals surface area contributed by atoms with Crippen LogP contribution in [0.15, 0.2) is 0 Å². The number of nitrogens with one attached hydrogen (secondary N) is 1. The van der Waals surface area contributed by atoms with Crippen LogP contribution in [0.2, 0.25) is 0 Å². The summed E-state index contributed by atoms with van der Waals surface area (Å²) in [6.45, 7) is 3.88. The summed E-state index contributed by atoms with van der Waals surface area (Å²) in [7, 11) is 0. The molecular formula is C15H21N3OS. The molecule has 1 amide bonds. The van der Waals surface area contributed by atoms with E-state index in [1.165, 1.54) is 11.3 Å². The summed E-state index contributed by atoms with van der Waals surface area (Å²) in [5, 5.41) is 12.8. The number of amides is 1. The zero-order valence-electron chi connectivity index (χ0n) is 12.0. The minimum Gasteiger partial charge on any atom is -0.327 e. The standard InChI is InChI=1S/C15H21N3OS/c1-9-10(2)20-15(12(9)8-16)18-14(19)11-6-4-3-5-7-13(11)17/h11,13H,3-7,17H2,1-2H3,(H,18,19). The van der Waals surface area contributed by atoms with Crippen LogP contribution in [0.3, 0.4) is 0 Å². The van der Waals surface area contributed by atoms with E-state index in [1.54, 1.807) is 0 Å². The van der Waals surface area contributed by atoms with Crippen molar-refractivity contribution >= 4 is 22.2 Å². The molecule has 1 fully saturated rings. The second-order valence-electron chi connectivity index (χ2n) is 5.50. The molecule has 1 aliphatic rings. The first-order chi connectivity index (χ1) is 9.54. The lowest BCUT2D eigenvalue weighted by Crippen LogP contribution is -2.37. The largest absolute Gasteiger partial charge is 0.327 e. The summed E-state index contributed by atoms with van der Waals surface area (Å²) >= 11 is 1.47. The summed E-state index contributed by atoms with van der Waals surface area (Å²) in [5.41, 5.74) is 7.66. The SMILES string of the molecule is Cc1sc(NC(=O)C2CCCCCC2N)c(C#N)c1C. The minimum atomic E-state index is -0.133. The first-order valence-electron chi connectivity index (χ1n) is 7.11. The monoisotopic (exact) mass is 291 g/mol. The van der Waals surface area contributed by atoms with E-state index in [4.69, 9.17) is 5.73 Å². The maximum atomic E-state index is 12.4. The van der Waals surface area contributed by atoms with Crippen molar-refractivity contribution in [3.8, 4) is 6.07 Å². The molecule has 5 heteroatoms. The summed E-state index contributed by atoms with van der Waals surface area (Å²) in [4.78, 5) is 13.5. The number of anilines is 1. The Bertz CT molecular complexity index is 544. The van der Waals surface area contributed by atoms with Gasteiger partial charge in [-0.25, -0.2) is 0 Å². The van der Waals surface area contributed by atoms with E-state index in [0.717, 1.165) is 42.5 Å². The third-order valence-corrected chi connectivity index (χ3v) is 5.26. The molecular weight excluding hydrogens is 270 g/mol. The summed E-state index contributed by atoms with van der Waals surface area (Å²) in [6, 6.07) is 2.12. The van der Waals surface area contributed by atoms with Crippen molar-refractivity contribution in [2.24, 2.45) is 11.7 Å². The van der Waals surface area contributed by atoms with Crippen LogP contribution >= 0.6 is 11.3 Å². The molecule has 0 radical (unpaired) electrons. The highest BCUT2D eigenvalue weighted by molar-refractivity contribution is 7.16. The smallest absolute Gasteiger partial charge is 0.229 e. The van der Waals surface area contributed by atoms with Gasteiger partial charge in [-0.1, -0.05) is 19.3 Å². The zero-order valence-corrected chi connectivity index (χ0v) is 12.8. The Morgan fingerprint density at radius 3 is 2.75 bits per heavy atom. The molecule has 1 aromatic heterocycles. The van der Waals surface area contributed by atoms with Gasteiger partial charge in [0, 0.05) is 10.9 Å². The van der Waals surface area contributed by atoms with Crippen LogP contribution in [0.5, 0.6) is 0 Å². The Morgan fingerprint density at radius 2 is 2.05 bits per heavy atom. The second kappa shape index (κ2) is 6.38. The molecule has 0 saturated heterocycles. The van der Waals surface area contributed by atoms with E-state index in [1.807, 2.05) is 13.8 Å². The average molecular weight is 291 g/mol. The van der Waals surface area contributed by atoms with Gasteiger partial charge in [-0.15, -0.1) is 11.3 Å². The highest BCUT2D eigenvalue weighted by Gasteiger charge is 2.28. The number of thiophene rings is 1. The highest BCUT2D eigenvalue weighted by Crippen LogP contribution is 2.33. The molecule has 0 aromatic carbocycles. The van der Waals surface area contributed by atoms with E-state index in [-0.39, 0.29) is 17.9 Å². The van der Waals surface area contributed by atoms with Gasteiger partial charge in [-0.2, -0.15) is 5.26 Å². The normalized spacial score (nSPS) is 22.9. The molecule has 1 aliphatic carbocycles. The Kier molecular flexibility index (Phi) is 4.79. The second-order valence-corrected chi connectivity index (χ2v) is 6.72. The van der Waals surface area contributed by atoms with Crippen LogP contribution < -0.4 is 11.1 Å². The van der Waals surface area contributed by atoms with Crippen molar-refractivity contribution in [1.29, 1.82) is 5.26 Å². The van der Waals surface area contributed by atoms with Gasteiger partial charge in [0.05, 0.1) is 11.5 Å². The van der Waals surface area contributed by atoms with Crippen LogP contribution in [-0.4, -0.2) is 11.9 Å². The average Bonchev–Trinajstić information content (AvgIpc) is 2.57. The van der Waals surface area contributed by atoms with E-state index in [0.29, 0.717) is 10.6 Å². The van der Waals surface area contributed by atoms with Crippen LogP contribution in [0.4, 0.5) is 5.00 Å². The minimum absolute atomic E-state index is 0.0304. The number of nitrogens with two attached hydrogens (primary N) is 1.